The Morgan fingerprint density at radius 3 is 1.56 bits per heavy atom. The Morgan fingerprint density at radius 1 is 0.722 bits per heavy atom. The maximum absolute atomic E-state index is 12.8. The van der Waals surface area contributed by atoms with Crippen LogP contribution in [0.4, 0.5) is 7.77 Å². The van der Waals surface area contributed by atoms with Crippen molar-refractivity contribution in [3.8, 4) is 40.2 Å². The summed E-state index contributed by atoms with van der Waals surface area (Å²) in [5.41, 5.74) is 0.317. The number of benzene rings is 3. The van der Waals surface area contributed by atoms with E-state index in [1.807, 2.05) is 0 Å². The van der Waals surface area contributed by atoms with Gasteiger partial charge in [0.15, 0.2) is 0 Å². The molecular formula is C22H20F2O10S2. The van der Waals surface area contributed by atoms with E-state index in [2.05, 4.69) is 8.37 Å². The molecule has 0 aliphatic carbocycles. The predicted molar refractivity (Wildman–Crippen MR) is 124 cm³/mol. The van der Waals surface area contributed by atoms with Crippen LogP contribution in [0.25, 0.3) is 0 Å². The summed E-state index contributed by atoms with van der Waals surface area (Å²) in [5.74, 6) is 1.14. The van der Waals surface area contributed by atoms with Crippen LogP contribution in [0.15, 0.2) is 60.7 Å². The summed E-state index contributed by atoms with van der Waals surface area (Å²) in [5, 5.41) is 0. The first-order chi connectivity index (χ1) is 17.1. The van der Waals surface area contributed by atoms with Crippen LogP contribution in [-0.2, 0) is 22.0 Å². The molecule has 3 aromatic carbocycles. The Bertz CT molecular complexity index is 1270. The predicted octanol–water partition coefficient (Wildman–Crippen LogP) is 4.39. The van der Waals surface area contributed by atoms with Gasteiger partial charge >= 0.3 is 22.0 Å². The van der Waals surface area contributed by atoms with E-state index in [0.717, 1.165) is 0 Å². The molecule has 0 aliphatic rings. The molecule has 0 saturated heterocycles. The van der Waals surface area contributed by atoms with Crippen molar-refractivity contribution in [2.75, 3.05) is 21.3 Å². The van der Waals surface area contributed by atoms with Crippen LogP contribution >= 0.6 is 0 Å². The van der Waals surface area contributed by atoms with Gasteiger partial charge < -0.3 is 32.1 Å². The minimum Gasteiger partial charge on any atom is -0.496 e. The van der Waals surface area contributed by atoms with Gasteiger partial charge in [0.05, 0.1) is 21.3 Å². The van der Waals surface area contributed by atoms with E-state index in [1.54, 1.807) is 12.1 Å². The number of methoxy groups -OCH3 is 3. The lowest BCUT2D eigenvalue weighted by Gasteiger charge is -2.25. The second-order valence-corrected chi connectivity index (χ2v) is 8.22. The normalized spacial score (nSPS) is 12.7. The smallest absolute Gasteiger partial charge is 0.488 e. The van der Waals surface area contributed by atoms with Gasteiger partial charge in [-0.1, -0.05) is 7.77 Å². The number of rotatable bonds is 12. The van der Waals surface area contributed by atoms with Crippen molar-refractivity contribution in [2.24, 2.45) is 0 Å². The second-order valence-electron chi connectivity index (χ2n) is 6.71. The first kappa shape index (κ1) is 26.8. The van der Waals surface area contributed by atoms with E-state index < -0.39 is 28.3 Å². The van der Waals surface area contributed by atoms with Gasteiger partial charge in [0.1, 0.15) is 45.8 Å². The van der Waals surface area contributed by atoms with E-state index in [4.69, 9.17) is 23.7 Å². The maximum atomic E-state index is 12.8. The molecule has 194 valence electrons. The molecule has 2 atom stereocenters. The third-order valence-corrected chi connectivity index (χ3v) is 5.20. The highest BCUT2D eigenvalue weighted by molar-refractivity contribution is 7.81. The molecule has 0 spiro atoms. The zero-order valence-corrected chi connectivity index (χ0v) is 20.6. The van der Waals surface area contributed by atoms with E-state index in [-0.39, 0.29) is 34.5 Å². The van der Waals surface area contributed by atoms with Crippen LogP contribution in [0.1, 0.15) is 11.9 Å². The van der Waals surface area contributed by atoms with Gasteiger partial charge in [-0.3, -0.25) is 0 Å². The standard InChI is InChI=1S/C22H20F2O10S2/c1-28-18-12-19(29-2)21(20(13-18)30-3)22(31-14-4-8-16(9-5-14)33-35(23)25)32-15-6-10-17(11-7-15)34-36(24,26)27/h4-13,22H,1-3H3. The monoisotopic (exact) mass is 546 g/mol. The first-order valence-electron chi connectivity index (χ1n) is 9.85. The summed E-state index contributed by atoms with van der Waals surface area (Å²) in [4.78, 5) is 0. The quantitative estimate of drug-likeness (QED) is 0.239. The van der Waals surface area contributed by atoms with E-state index in [9.17, 15) is 20.4 Å². The first-order valence-corrected chi connectivity index (χ1v) is 12.1. The minimum absolute atomic E-state index is 0.00124. The summed E-state index contributed by atoms with van der Waals surface area (Å²) >= 11 is -2.99. The minimum atomic E-state index is -5.20. The van der Waals surface area contributed by atoms with Gasteiger partial charge in [-0.2, -0.15) is 12.6 Å². The fourth-order valence-corrected chi connectivity index (χ4v) is 3.60. The largest absolute Gasteiger partial charge is 0.496 e. The van der Waals surface area contributed by atoms with Crippen molar-refractivity contribution in [1.29, 1.82) is 0 Å². The lowest BCUT2D eigenvalue weighted by molar-refractivity contribution is 0.000224. The highest BCUT2D eigenvalue weighted by atomic mass is 32.3. The third-order valence-electron chi connectivity index (χ3n) is 4.48. The van der Waals surface area contributed by atoms with Crippen LogP contribution in [0.3, 0.4) is 0 Å². The number of hydrogen-bond acceptors (Lipinski definition) is 10. The van der Waals surface area contributed by atoms with Gasteiger partial charge in [-0.05, 0) is 48.5 Å². The molecular weight excluding hydrogens is 526 g/mol. The van der Waals surface area contributed by atoms with Crippen molar-refractivity contribution >= 4 is 22.0 Å². The summed E-state index contributed by atoms with van der Waals surface area (Å²) < 4.78 is 94.3. The van der Waals surface area contributed by atoms with Crippen molar-refractivity contribution in [1.82, 2.24) is 0 Å². The molecule has 0 aromatic heterocycles. The maximum Gasteiger partial charge on any atom is 0.488 e. The molecule has 0 aliphatic heterocycles. The number of ether oxygens (including phenoxy) is 5. The lowest BCUT2D eigenvalue weighted by Crippen LogP contribution is -2.17. The van der Waals surface area contributed by atoms with Crippen LogP contribution in [0.2, 0.25) is 0 Å². The lowest BCUT2D eigenvalue weighted by atomic mass is 10.1. The fraction of sp³-hybridized carbons (Fsp3) is 0.182. The van der Waals surface area contributed by atoms with Crippen LogP contribution < -0.4 is 32.1 Å². The fourth-order valence-electron chi connectivity index (χ4n) is 2.99. The number of halogens is 2. The van der Waals surface area contributed by atoms with Gasteiger partial charge in [-0.15, -0.1) is 0 Å². The molecule has 0 heterocycles. The van der Waals surface area contributed by atoms with Gasteiger partial charge in [-0.25, -0.2) is 0 Å². The summed E-state index contributed by atoms with van der Waals surface area (Å²) in [6.07, 6.45) is -1.22. The summed E-state index contributed by atoms with van der Waals surface area (Å²) in [7, 11) is -0.894. The molecule has 14 heteroatoms. The van der Waals surface area contributed by atoms with E-state index in [1.165, 1.54) is 69.9 Å². The molecule has 0 bridgehead atoms. The molecule has 3 aromatic rings. The van der Waals surface area contributed by atoms with Gasteiger partial charge in [0.25, 0.3) is 6.29 Å². The molecule has 0 radical (unpaired) electrons. The van der Waals surface area contributed by atoms with E-state index >= 15 is 0 Å². The molecule has 10 nitrogen and oxygen atoms in total. The van der Waals surface area contributed by atoms with Gasteiger partial charge in [0.2, 0.25) is 0 Å². The third kappa shape index (κ3) is 7.36. The summed E-state index contributed by atoms with van der Waals surface area (Å²) in [6.45, 7) is 0. The highest BCUT2D eigenvalue weighted by Gasteiger charge is 2.27. The summed E-state index contributed by atoms with van der Waals surface area (Å²) in [6, 6.07) is 13.7. The average molecular weight is 547 g/mol. The van der Waals surface area contributed by atoms with Crippen molar-refractivity contribution in [3.05, 3.63) is 66.2 Å². The van der Waals surface area contributed by atoms with Crippen molar-refractivity contribution < 1.29 is 52.4 Å². The molecule has 36 heavy (non-hydrogen) atoms. The second kappa shape index (κ2) is 11.8. The Hall–Kier alpha value is -3.78. The molecule has 0 amide bonds. The Balaban J connectivity index is 1.99. The zero-order valence-electron chi connectivity index (χ0n) is 19.0. The Labute approximate surface area is 208 Å². The van der Waals surface area contributed by atoms with Crippen LogP contribution in [0, 0.1) is 0 Å². The van der Waals surface area contributed by atoms with Crippen molar-refractivity contribution in [3.63, 3.8) is 0 Å². The molecule has 3 rings (SSSR count). The highest BCUT2D eigenvalue weighted by Crippen LogP contribution is 2.41. The Morgan fingerprint density at radius 2 is 1.17 bits per heavy atom. The molecule has 0 N–H and O–H groups in total. The zero-order chi connectivity index (χ0) is 26.3. The SMILES string of the molecule is COc1cc(OC)c(C(Oc2ccc(OS(=O)F)cc2)Oc2ccc(OS(=O)(=O)F)cc2)c(OC)c1. The van der Waals surface area contributed by atoms with Crippen molar-refractivity contribution in [2.45, 2.75) is 6.29 Å². The molecule has 0 saturated carbocycles. The van der Waals surface area contributed by atoms with Crippen LogP contribution in [-0.4, -0.2) is 34.0 Å². The average Bonchev–Trinajstić information content (AvgIpc) is 2.83. The Kier molecular flexibility index (Phi) is 8.77. The van der Waals surface area contributed by atoms with E-state index in [0.29, 0.717) is 11.3 Å². The van der Waals surface area contributed by atoms with Gasteiger partial charge in [0, 0.05) is 12.1 Å². The number of hydrogen-bond donors (Lipinski definition) is 0. The molecule has 0 fully saturated rings. The topological polar surface area (TPSA) is 116 Å². The molecule has 2 unspecified atom stereocenters. The van der Waals surface area contributed by atoms with Crippen LogP contribution in [0.5, 0.6) is 40.2 Å².